The van der Waals surface area contributed by atoms with Gasteiger partial charge in [-0.25, -0.2) is 13.2 Å². The molecule has 0 spiro atoms. The molecule has 0 aromatic heterocycles. The lowest BCUT2D eigenvalue weighted by molar-refractivity contribution is -0.117. The van der Waals surface area contributed by atoms with Crippen molar-refractivity contribution in [2.75, 3.05) is 46.7 Å². The third kappa shape index (κ3) is 4.18. The smallest absolute Gasteiger partial charge is 0.414 e. The average Bonchev–Trinajstić information content (AvgIpc) is 3.16. The average molecular weight is 488 g/mol. The van der Waals surface area contributed by atoms with Crippen molar-refractivity contribution in [3.05, 3.63) is 36.4 Å². The van der Waals surface area contributed by atoms with Crippen LogP contribution in [-0.4, -0.2) is 59.0 Å². The van der Waals surface area contributed by atoms with Crippen molar-refractivity contribution in [3.8, 4) is 16.9 Å². The van der Waals surface area contributed by atoms with Gasteiger partial charge in [-0.3, -0.25) is 14.0 Å². The maximum absolute atomic E-state index is 12.7. The number of anilines is 3. The fourth-order valence-corrected chi connectivity index (χ4v) is 6.20. The minimum atomic E-state index is -3.40. The van der Waals surface area contributed by atoms with Crippen LogP contribution in [0.25, 0.3) is 11.1 Å². The van der Waals surface area contributed by atoms with Crippen LogP contribution >= 0.6 is 0 Å². The third-order valence-corrected chi connectivity index (χ3v) is 7.98. The number of benzene rings is 2. The molecule has 9 nitrogen and oxygen atoms in total. The van der Waals surface area contributed by atoms with E-state index in [1.165, 1.54) is 18.3 Å². The summed E-state index contributed by atoms with van der Waals surface area (Å²) in [5.74, 6) is 0.458. The predicted molar refractivity (Wildman–Crippen MR) is 131 cm³/mol. The molecule has 2 aliphatic rings. The Morgan fingerprint density at radius 2 is 1.74 bits per heavy atom. The highest BCUT2D eigenvalue weighted by molar-refractivity contribution is 7.93. The number of hydrogen-bond acceptors (Lipinski definition) is 6. The van der Waals surface area contributed by atoms with Crippen molar-refractivity contribution in [2.24, 2.45) is 0 Å². The molecule has 2 heterocycles. The number of nitrogens with zero attached hydrogens (tertiary/aromatic N) is 3. The molecule has 1 fully saturated rings. The van der Waals surface area contributed by atoms with Crippen LogP contribution < -0.4 is 18.8 Å². The fraction of sp³-hybridized carbons (Fsp3) is 0.417. The number of fused-ring (bicyclic) bond motifs is 1. The number of methoxy groups -OCH3 is 1. The van der Waals surface area contributed by atoms with Crippen LogP contribution in [0.15, 0.2) is 36.4 Å². The van der Waals surface area contributed by atoms with Gasteiger partial charge in [-0.2, -0.15) is 0 Å². The largest absolute Gasteiger partial charge is 0.495 e. The zero-order valence-corrected chi connectivity index (χ0v) is 20.6. The summed E-state index contributed by atoms with van der Waals surface area (Å²) in [7, 11) is -1.89. The molecule has 4 rings (SSSR count). The molecule has 1 atom stereocenters. The normalized spacial score (nSPS) is 19.1. The number of amides is 2. The Labute approximate surface area is 199 Å². The first-order valence-corrected chi connectivity index (χ1v) is 12.9. The van der Waals surface area contributed by atoms with E-state index in [9.17, 15) is 18.0 Å². The number of ether oxygens (including phenoxy) is 2. The Morgan fingerprint density at radius 1 is 1.06 bits per heavy atom. The lowest BCUT2D eigenvalue weighted by Crippen LogP contribution is -2.51. The van der Waals surface area contributed by atoms with E-state index >= 15 is 0 Å². The van der Waals surface area contributed by atoms with Gasteiger partial charge in [0.05, 0.1) is 42.6 Å². The van der Waals surface area contributed by atoms with E-state index < -0.39 is 16.1 Å². The van der Waals surface area contributed by atoms with Gasteiger partial charge in [0.2, 0.25) is 15.9 Å². The first kappa shape index (κ1) is 23.9. The van der Waals surface area contributed by atoms with Gasteiger partial charge in [0.1, 0.15) is 5.75 Å². The van der Waals surface area contributed by atoms with Gasteiger partial charge >= 0.3 is 6.09 Å². The van der Waals surface area contributed by atoms with Crippen molar-refractivity contribution in [2.45, 2.75) is 33.2 Å². The van der Waals surface area contributed by atoms with Gasteiger partial charge in [-0.05, 0) is 55.7 Å². The van der Waals surface area contributed by atoms with Crippen LogP contribution in [-0.2, 0) is 19.6 Å². The van der Waals surface area contributed by atoms with Gasteiger partial charge < -0.3 is 14.4 Å². The zero-order valence-electron chi connectivity index (χ0n) is 19.8. The summed E-state index contributed by atoms with van der Waals surface area (Å²) in [4.78, 5) is 28.3. The van der Waals surface area contributed by atoms with E-state index in [0.29, 0.717) is 42.3 Å². The van der Waals surface area contributed by atoms with Crippen molar-refractivity contribution < 1.29 is 27.5 Å². The molecule has 2 amide bonds. The number of carbonyl (C=O) groups is 2. The Hall–Kier alpha value is -3.27. The minimum Gasteiger partial charge on any atom is -0.495 e. The Bertz CT molecular complexity index is 1230. The standard InChI is InChI=1S/C24H29N3O6S/c1-5-33-24(29)25-15-16(2)27(17(3)28)20-9-7-18(13-21(20)25)19-8-10-23(32-4)22(14-19)26-11-6-12-34(26,30)31/h7-10,13-14,16H,5-6,11-12,15H2,1-4H3/t16-/m0/s1. The fourth-order valence-electron chi connectivity index (χ4n) is 4.63. The van der Waals surface area contributed by atoms with E-state index in [0.717, 1.165) is 11.1 Å². The molecular formula is C24H29N3O6S. The molecule has 182 valence electrons. The molecule has 10 heteroatoms. The summed E-state index contributed by atoms with van der Waals surface area (Å²) in [6, 6.07) is 10.7. The van der Waals surface area contributed by atoms with E-state index in [1.54, 1.807) is 28.9 Å². The first-order valence-electron chi connectivity index (χ1n) is 11.2. The lowest BCUT2D eigenvalue weighted by atomic mass is 10.00. The second kappa shape index (κ2) is 9.17. The molecule has 34 heavy (non-hydrogen) atoms. The van der Waals surface area contributed by atoms with Crippen molar-refractivity contribution in [1.29, 1.82) is 0 Å². The summed E-state index contributed by atoms with van der Waals surface area (Å²) in [6.45, 7) is 6.07. The molecule has 0 radical (unpaired) electrons. The highest BCUT2D eigenvalue weighted by Crippen LogP contribution is 2.41. The molecule has 0 N–H and O–H groups in total. The SMILES string of the molecule is CCOC(=O)N1C[C@H](C)N(C(C)=O)c2ccc(-c3ccc(OC)c(N4CCCS4(=O)=O)c3)cc21. The van der Waals surface area contributed by atoms with Gasteiger partial charge in [-0.1, -0.05) is 12.1 Å². The quantitative estimate of drug-likeness (QED) is 0.654. The third-order valence-electron chi connectivity index (χ3n) is 6.12. The molecule has 0 saturated carbocycles. The van der Waals surface area contributed by atoms with E-state index in [1.807, 2.05) is 31.2 Å². The van der Waals surface area contributed by atoms with E-state index in [2.05, 4.69) is 0 Å². The molecule has 0 bridgehead atoms. The monoisotopic (exact) mass is 487 g/mol. The predicted octanol–water partition coefficient (Wildman–Crippen LogP) is 3.62. The molecule has 0 unspecified atom stereocenters. The second-order valence-corrected chi connectivity index (χ2v) is 10.4. The van der Waals surface area contributed by atoms with Gasteiger partial charge in [0, 0.05) is 20.0 Å². The minimum absolute atomic E-state index is 0.104. The van der Waals surface area contributed by atoms with E-state index in [4.69, 9.17) is 9.47 Å². The molecule has 2 aromatic carbocycles. The van der Waals surface area contributed by atoms with E-state index in [-0.39, 0.29) is 24.3 Å². The number of rotatable bonds is 4. The van der Waals surface area contributed by atoms with Crippen molar-refractivity contribution in [1.82, 2.24) is 0 Å². The molecule has 2 aliphatic heterocycles. The molecule has 0 aliphatic carbocycles. The van der Waals surface area contributed by atoms with Crippen LogP contribution in [0.3, 0.4) is 0 Å². The number of sulfonamides is 1. The molecule has 1 saturated heterocycles. The van der Waals surface area contributed by atoms with Crippen LogP contribution in [0.5, 0.6) is 5.75 Å². The first-order chi connectivity index (χ1) is 16.2. The Kier molecular flexibility index (Phi) is 6.44. The molecular weight excluding hydrogens is 458 g/mol. The maximum atomic E-state index is 12.7. The van der Waals surface area contributed by atoms with Crippen LogP contribution in [0.1, 0.15) is 27.2 Å². The summed E-state index contributed by atoms with van der Waals surface area (Å²) in [6.07, 6.45) is 0.0804. The summed E-state index contributed by atoms with van der Waals surface area (Å²) in [5, 5.41) is 0. The Morgan fingerprint density at radius 3 is 2.32 bits per heavy atom. The highest BCUT2D eigenvalue weighted by atomic mass is 32.2. The summed E-state index contributed by atoms with van der Waals surface area (Å²) < 4.78 is 37.2. The maximum Gasteiger partial charge on any atom is 0.414 e. The van der Waals surface area contributed by atoms with Crippen LogP contribution in [0.2, 0.25) is 0 Å². The number of hydrogen-bond donors (Lipinski definition) is 0. The second-order valence-electron chi connectivity index (χ2n) is 8.38. The summed E-state index contributed by atoms with van der Waals surface area (Å²) >= 11 is 0. The highest BCUT2D eigenvalue weighted by Gasteiger charge is 2.35. The Balaban J connectivity index is 1.83. The van der Waals surface area contributed by atoms with Gasteiger partial charge in [-0.15, -0.1) is 0 Å². The van der Waals surface area contributed by atoms with Crippen LogP contribution in [0.4, 0.5) is 21.9 Å². The summed E-state index contributed by atoms with van der Waals surface area (Å²) in [5.41, 5.74) is 3.20. The van der Waals surface area contributed by atoms with Crippen LogP contribution in [0, 0.1) is 0 Å². The zero-order chi connectivity index (χ0) is 24.6. The topological polar surface area (TPSA) is 96.5 Å². The van der Waals surface area contributed by atoms with Crippen molar-refractivity contribution >= 4 is 39.1 Å². The lowest BCUT2D eigenvalue weighted by Gasteiger charge is -2.40. The molecule has 2 aromatic rings. The van der Waals surface area contributed by atoms with Gasteiger partial charge in [0.15, 0.2) is 0 Å². The van der Waals surface area contributed by atoms with Crippen molar-refractivity contribution in [3.63, 3.8) is 0 Å². The number of carbonyl (C=O) groups excluding carboxylic acids is 2. The van der Waals surface area contributed by atoms with Gasteiger partial charge in [0.25, 0.3) is 0 Å².